The van der Waals surface area contributed by atoms with Gasteiger partial charge in [0.2, 0.25) is 0 Å². The minimum absolute atomic E-state index is 0.161. The number of nitrogens with one attached hydrogen (secondary N) is 1. The predicted octanol–water partition coefficient (Wildman–Crippen LogP) is 3.56. The first kappa shape index (κ1) is 16.4. The van der Waals surface area contributed by atoms with Crippen LogP contribution < -0.4 is 10.5 Å². The van der Waals surface area contributed by atoms with Gasteiger partial charge in [0.25, 0.3) is 10.0 Å². The lowest BCUT2D eigenvalue weighted by Crippen LogP contribution is -2.19. The first-order valence-corrected chi connectivity index (χ1v) is 9.40. The summed E-state index contributed by atoms with van der Waals surface area (Å²) in [7, 11) is -3.68. The van der Waals surface area contributed by atoms with E-state index in [9.17, 15) is 8.42 Å². The number of thiocarbonyl (C=S) groups is 1. The summed E-state index contributed by atoms with van der Waals surface area (Å²) in [6.07, 6.45) is 0. The SMILES string of the molecule is Cc1cccc(NS(=O)(=O)c2cc(Br)sc2C)c1C(N)=S. The van der Waals surface area contributed by atoms with Gasteiger partial charge in [0.1, 0.15) is 9.88 Å². The Balaban J connectivity index is 2.50. The van der Waals surface area contributed by atoms with Crippen LogP contribution in [0.1, 0.15) is 16.0 Å². The van der Waals surface area contributed by atoms with Crippen LogP contribution in [0.5, 0.6) is 0 Å². The van der Waals surface area contributed by atoms with Gasteiger partial charge in [-0.1, -0.05) is 24.4 Å². The molecular formula is C13H13BrN2O2S3. The molecular weight excluding hydrogens is 392 g/mol. The summed E-state index contributed by atoms with van der Waals surface area (Å²) in [5.74, 6) is 0. The van der Waals surface area contributed by atoms with Gasteiger partial charge in [-0.25, -0.2) is 8.42 Å². The third kappa shape index (κ3) is 3.45. The van der Waals surface area contributed by atoms with Gasteiger partial charge in [0.15, 0.2) is 0 Å². The minimum Gasteiger partial charge on any atom is -0.389 e. The molecule has 21 heavy (non-hydrogen) atoms. The lowest BCUT2D eigenvalue weighted by Gasteiger charge is -2.13. The molecule has 3 N–H and O–H groups in total. The van der Waals surface area contributed by atoms with Crippen molar-refractivity contribution in [1.82, 2.24) is 0 Å². The lowest BCUT2D eigenvalue weighted by molar-refractivity contribution is 0.601. The Kier molecular flexibility index (Phi) is 4.72. The van der Waals surface area contributed by atoms with Crippen LogP contribution in [0, 0.1) is 13.8 Å². The van der Waals surface area contributed by atoms with Crippen molar-refractivity contribution in [3.63, 3.8) is 0 Å². The standard InChI is InChI=1S/C13H13BrN2O2S3/c1-7-4-3-5-9(12(7)13(15)19)16-21(17,18)10-6-11(14)20-8(10)2/h3-6,16H,1-2H3,(H2,15,19). The van der Waals surface area contributed by atoms with Crippen LogP contribution in [0.4, 0.5) is 5.69 Å². The van der Waals surface area contributed by atoms with E-state index in [2.05, 4.69) is 20.7 Å². The molecule has 0 bridgehead atoms. The van der Waals surface area contributed by atoms with Gasteiger partial charge in [-0.2, -0.15) is 0 Å². The van der Waals surface area contributed by atoms with E-state index in [1.54, 1.807) is 25.1 Å². The summed E-state index contributed by atoms with van der Waals surface area (Å²) in [6, 6.07) is 6.82. The monoisotopic (exact) mass is 404 g/mol. The molecule has 2 aromatic rings. The van der Waals surface area contributed by atoms with Crippen molar-refractivity contribution in [1.29, 1.82) is 0 Å². The van der Waals surface area contributed by atoms with Crippen LogP contribution >= 0.6 is 39.5 Å². The van der Waals surface area contributed by atoms with Crippen molar-refractivity contribution in [3.05, 3.63) is 44.1 Å². The second-order valence-corrected chi connectivity index (χ2v) is 9.16. The number of aryl methyl sites for hydroxylation is 2. The molecule has 1 aromatic heterocycles. The molecule has 0 spiro atoms. The fourth-order valence-electron chi connectivity index (χ4n) is 1.98. The molecule has 0 fully saturated rings. The van der Waals surface area contributed by atoms with Crippen molar-refractivity contribution in [2.45, 2.75) is 18.7 Å². The van der Waals surface area contributed by atoms with Crippen molar-refractivity contribution >= 4 is 60.2 Å². The molecule has 2 rings (SSSR count). The molecule has 0 saturated carbocycles. The fourth-order valence-corrected chi connectivity index (χ4v) is 5.74. The highest BCUT2D eigenvalue weighted by molar-refractivity contribution is 9.11. The van der Waals surface area contributed by atoms with Crippen LogP contribution in [0.25, 0.3) is 0 Å². The number of thiophene rings is 1. The molecule has 0 aliphatic carbocycles. The molecule has 0 radical (unpaired) electrons. The number of rotatable bonds is 4. The fraction of sp³-hybridized carbons (Fsp3) is 0.154. The number of benzene rings is 1. The first-order valence-electron chi connectivity index (χ1n) is 5.90. The van der Waals surface area contributed by atoms with E-state index in [0.717, 1.165) is 9.35 Å². The molecule has 0 unspecified atom stereocenters. The Morgan fingerprint density at radius 3 is 2.57 bits per heavy atom. The third-order valence-corrected chi connectivity index (χ3v) is 6.27. The van der Waals surface area contributed by atoms with E-state index in [0.29, 0.717) is 16.1 Å². The Bertz CT molecular complexity index is 813. The van der Waals surface area contributed by atoms with Gasteiger partial charge in [-0.15, -0.1) is 11.3 Å². The molecule has 112 valence electrons. The van der Waals surface area contributed by atoms with E-state index < -0.39 is 10.0 Å². The number of hydrogen-bond acceptors (Lipinski definition) is 4. The van der Waals surface area contributed by atoms with Crippen LogP contribution in [-0.2, 0) is 10.0 Å². The van der Waals surface area contributed by atoms with Crippen molar-refractivity contribution < 1.29 is 8.42 Å². The highest BCUT2D eigenvalue weighted by Gasteiger charge is 2.21. The second-order valence-electron chi connectivity index (χ2n) is 4.44. The normalized spacial score (nSPS) is 11.4. The third-order valence-electron chi connectivity index (χ3n) is 2.90. The first-order chi connectivity index (χ1) is 9.72. The highest BCUT2D eigenvalue weighted by atomic mass is 79.9. The number of hydrogen-bond donors (Lipinski definition) is 2. The van der Waals surface area contributed by atoms with E-state index in [4.69, 9.17) is 18.0 Å². The van der Waals surface area contributed by atoms with Gasteiger partial charge in [-0.05, 0) is 47.5 Å². The Hall–Kier alpha value is -0.960. The number of anilines is 1. The van der Waals surface area contributed by atoms with Gasteiger partial charge in [0.05, 0.1) is 9.47 Å². The maximum absolute atomic E-state index is 12.5. The summed E-state index contributed by atoms with van der Waals surface area (Å²) in [5, 5.41) is 0. The molecule has 0 aliphatic rings. The summed E-state index contributed by atoms with van der Waals surface area (Å²) in [5.41, 5.74) is 7.46. The van der Waals surface area contributed by atoms with Crippen LogP contribution in [0.15, 0.2) is 32.9 Å². The smallest absolute Gasteiger partial charge is 0.263 e. The Morgan fingerprint density at radius 1 is 1.38 bits per heavy atom. The number of nitrogens with two attached hydrogens (primary N) is 1. The van der Waals surface area contributed by atoms with Crippen LogP contribution in [0.2, 0.25) is 0 Å². The van der Waals surface area contributed by atoms with Crippen molar-refractivity contribution in [2.75, 3.05) is 4.72 Å². The summed E-state index contributed by atoms with van der Waals surface area (Å²) in [6.45, 7) is 3.59. The summed E-state index contributed by atoms with van der Waals surface area (Å²) in [4.78, 5) is 1.11. The zero-order valence-corrected chi connectivity index (χ0v) is 15.3. The number of halogens is 1. The van der Waals surface area contributed by atoms with Crippen LogP contribution in [-0.4, -0.2) is 13.4 Å². The lowest BCUT2D eigenvalue weighted by atomic mass is 10.1. The van der Waals surface area contributed by atoms with Gasteiger partial charge >= 0.3 is 0 Å². The molecule has 1 aromatic carbocycles. The topological polar surface area (TPSA) is 72.2 Å². The molecule has 0 atom stereocenters. The minimum atomic E-state index is -3.68. The van der Waals surface area contributed by atoms with Crippen LogP contribution in [0.3, 0.4) is 0 Å². The van der Waals surface area contributed by atoms with Gasteiger partial charge < -0.3 is 5.73 Å². The average molecular weight is 405 g/mol. The zero-order chi connectivity index (χ0) is 15.8. The Labute approximate surface area is 141 Å². The van der Waals surface area contributed by atoms with E-state index in [1.807, 2.05) is 13.0 Å². The van der Waals surface area contributed by atoms with Crippen molar-refractivity contribution in [2.24, 2.45) is 5.73 Å². The molecule has 0 aliphatic heterocycles. The second kappa shape index (κ2) is 6.04. The van der Waals surface area contributed by atoms with E-state index in [1.165, 1.54) is 11.3 Å². The number of sulfonamides is 1. The zero-order valence-electron chi connectivity index (χ0n) is 11.3. The summed E-state index contributed by atoms with van der Waals surface area (Å²) < 4.78 is 28.4. The largest absolute Gasteiger partial charge is 0.389 e. The molecule has 0 saturated heterocycles. The molecule has 4 nitrogen and oxygen atoms in total. The van der Waals surface area contributed by atoms with Gasteiger partial charge in [-0.3, -0.25) is 4.72 Å². The molecule has 8 heteroatoms. The highest BCUT2D eigenvalue weighted by Crippen LogP contribution is 2.31. The van der Waals surface area contributed by atoms with E-state index >= 15 is 0 Å². The maximum atomic E-state index is 12.5. The Morgan fingerprint density at radius 2 is 2.05 bits per heavy atom. The molecule has 1 heterocycles. The average Bonchev–Trinajstić information content (AvgIpc) is 2.68. The predicted molar refractivity (Wildman–Crippen MR) is 94.6 cm³/mol. The van der Waals surface area contributed by atoms with E-state index in [-0.39, 0.29) is 9.88 Å². The quantitative estimate of drug-likeness (QED) is 0.763. The van der Waals surface area contributed by atoms with Gasteiger partial charge in [0, 0.05) is 10.4 Å². The molecule has 0 amide bonds. The summed E-state index contributed by atoms with van der Waals surface area (Å²) >= 11 is 9.67. The maximum Gasteiger partial charge on any atom is 0.263 e. The van der Waals surface area contributed by atoms with Crippen molar-refractivity contribution in [3.8, 4) is 0 Å².